The molecule has 1 amide bonds. The van der Waals surface area contributed by atoms with E-state index in [0.29, 0.717) is 26.9 Å². The molecule has 2 N–H and O–H groups in total. The largest absolute Gasteiger partial charge is 0.487 e. The smallest absolute Gasteiger partial charge is 0.267 e. The molecule has 0 bridgehead atoms. The number of nitrogens with zero attached hydrogens (tertiary/aromatic N) is 1. The van der Waals surface area contributed by atoms with E-state index in [4.69, 9.17) is 10.5 Å². The number of carbonyl (C=O) groups excluding carboxylic acids is 1. The molecule has 7 heteroatoms. The maximum atomic E-state index is 14.1. The fourth-order valence-electron chi connectivity index (χ4n) is 2.36. The minimum absolute atomic E-state index is 0.0446. The molecule has 4 nitrogen and oxygen atoms in total. The number of hydrogen-bond donors (Lipinski definition) is 1. The molecule has 1 heterocycles. The lowest BCUT2D eigenvalue weighted by Gasteiger charge is -2.13. The first-order valence-corrected chi connectivity index (χ1v) is 8.36. The molecule has 0 aliphatic rings. The molecule has 3 rings (SSSR count). The maximum Gasteiger partial charge on any atom is 0.267 e. The summed E-state index contributed by atoms with van der Waals surface area (Å²) in [6.45, 7) is -0.0446. The molecule has 0 saturated carbocycles. The molecule has 3 aromatic rings. The Labute approximate surface area is 156 Å². The zero-order valence-corrected chi connectivity index (χ0v) is 15.0. The number of primary amides is 1. The third-order valence-electron chi connectivity index (χ3n) is 3.69. The molecular weight excluding hydrogens is 406 g/mol. The van der Waals surface area contributed by atoms with Crippen LogP contribution < -0.4 is 10.5 Å². The molecule has 0 unspecified atom stereocenters. The summed E-state index contributed by atoms with van der Waals surface area (Å²) < 4.78 is 33.3. The highest BCUT2D eigenvalue weighted by Crippen LogP contribution is 2.31. The van der Waals surface area contributed by atoms with Gasteiger partial charge in [0.2, 0.25) is 0 Å². The first kappa shape index (κ1) is 18.0. The Hall–Kier alpha value is -2.80. The highest BCUT2D eigenvalue weighted by atomic mass is 79.9. The van der Waals surface area contributed by atoms with Gasteiger partial charge < -0.3 is 10.5 Å². The highest BCUT2D eigenvalue weighted by molar-refractivity contribution is 9.10. The Morgan fingerprint density at radius 1 is 1.15 bits per heavy atom. The number of aromatic nitrogens is 1. The van der Waals surface area contributed by atoms with Crippen molar-refractivity contribution in [1.29, 1.82) is 0 Å². The van der Waals surface area contributed by atoms with Gasteiger partial charge in [0.1, 0.15) is 29.7 Å². The van der Waals surface area contributed by atoms with Crippen LogP contribution in [0.4, 0.5) is 8.78 Å². The van der Waals surface area contributed by atoms with Gasteiger partial charge in [-0.3, -0.25) is 4.79 Å². The predicted octanol–water partition coefficient (Wildman–Crippen LogP) is 4.47. The molecule has 0 fully saturated rings. The van der Waals surface area contributed by atoms with Gasteiger partial charge in [-0.25, -0.2) is 13.8 Å². The normalized spacial score (nSPS) is 10.6. The number of amides is 1. The van der Waals surface area contributed by atoms with Crippen molar-refractivity contribution in [3.8, 4) is 16.9 Å². The van der Waals surface area contributed by atoms with Crippen LogP contribution in [-0.2, 0) is 6.61 Å². The average Bonchev–Trinajstić information content (AvgIpc) is 2.63. The highest BCUT2D eigenvalue weighted by Gasteiger charge is 2.14. The number of benzene rings is 2. The lowest BCUT2D eigenvalue weighted by Crippen LogP contribution is -2.13. The van der Waals surface area contributed by atoms with Gasteiger partial charge in [-0.05, 0) is 45.8 Å². The zero-order valence-electron chi connectivity index (χ0n) is 13.4. The van der Waals surface area contributed by atoms with Crippen LogP contribution in [-0.4, -0.2) is 10.9 Å². The summed E-state index contributed by atoms with van der Waals surface area (Å²) >= 11 is 3.13. The zero-order chi connectivity index (χ0) is 18.7. The van der Waals surface area contributed by atoms with Gasteiger partial charge in [0, 0.05) is 11.1 Å². The second-order valence-electron chi connectivity index (χ2n) is 5.44. The van der Waals surface area contributed by atoms with E-state index in [-0.39, 0.29) is 12.3 Å². The van der Waals surface area contributed by atoms with Gasteiger partial charge in [0.05, 0.1) is 10.7 Å². The van der Waals surface area contributed by atoms with E-state index in [1.54, 1.807) is 30.3 Å². The molecule has 0 spiro atoms. The summed E-state index contributed by atoms with van der Waals surface area (Å²) in [5.74, 6) is -1.19. The summed E-state index contributed by atoms with van der Waals surface area (Å²) in [7, 11) is 0. The molecule has 1 aromatic heterocycles. The van der Waals surface area contributed by atoms with Crippen LogP contribution in [0.15, 0.2) is 59.2 Å². The van der Waals surface area contributed by atoms with Crippen molar-refractivity contribution in [2.75, 3.05) is 0 Å². The fraction of sp³-hybridized carbons (Fsp3) is 0.0526. The number of nitrogens with two attached hydrogens (primary N) is 1. The average molecular weight is 419 g/mol. The van der Waals surface area contributed by atoms with Crippen LogP contribution in [0.1, 0.15) is 16.1 Å². The third kappa shape index (κ3) is 3.88. The third-order valence-corrected chi connectivity index (χ3v) is 4.30. The summed E-state index contributed by atoms with van der Waals surface area (Å²) in [4.78, 5) is 15.4. The Morgan fingerprint density at radius 3 is 2.58 bits per heavy atom. The number of hydrogen-bond acceptors (Lipinski definition) is 3. The standard InChI is InChI=1S/C19H13BrF2N2O2/c20-15-3-1-2-12(18(15)22)10-26-17-9-24-16(19(23)25)8-14(17)11-4-6-13(21)7-5-11/h1-9H,10H2,(H2,23,25). The van der Waals surface area contributed by atoms with E-state index in [1.165, 1.54) is 24.4 Å². The van der Waals surface area contributed by atoms with Gasteiger partial charge >= 0.3 is 0 Å². The number of halogens is 3. The Balaban J connectivity index is 1.96. The fourth-order valence-corrected chi connectivity index (χ4v) is 2.77. The molecule has 2 aromatic carbocycles. The summed E-state index contributed by atoms with van der Waals surface area (Å²) in [6, 6.07) is 12.0. The van der Waals surface area contributed by atoms with Crippen LogP contribution in [0.5, 0.6) is 5.75 Å². The first-order chi connectivity index (χ1) is 12.5. The van der Waals surface area contributed by atoms with Crippen molar-refractivity contribution in [3.05, 3.63) is 82.1 Å². The Bertz CT molecular complexity index is 962. The molecule has 132 valence electrons. The molecule has 0 atom stereocenters. The molecule has 0 aliphatic carbocycles. The maximum absolute atomic E-state index is 14.1. The SMILES string of the molecule is NC(=O)c1cc(-c2ccc(F)cc2)c(OCc2cccc(Br)c2F)cn1. The van der Waals surface area contributed by atoms with Crippen LogP contribution >= 0.6 is 15.9 Å². The summed E-state index contributed by atoms with van der Waals surface area (Å²) in [5.41, 5.74) is 6.79. The van der Waals surface area contributed by atoms with Crippen molar-refractivity contribution < 1.29 is 18.3 Å². The van der Waals surface area contributed by atoms with Crippen molar-refractivity contribution in [3.63, 3.8) is 0 Å². The van der Waals surface area contributed by atoms with Crippen molar-refractivity contribution in [2.24, 2.45) is 5.73 Å². The van der Waals surface area contributed by atoms with E-state index in [2.05, 4.69) is 20.9 Å². The van der Waals surface area contributed by atoms with Gasteiger partial charge in [-0.15, -0.1) is 0 Å². The number of pyridine rings is 1. The van der Waals surface area contributed by atoms with Crippen molar-refractivity contribution >= 4 is 21.8 Å². The van der Waals surface area contributed by atoms with Crippen LogP contribution in [0.2, 0.25) is 0 Å². The Kier molecular flexibility index (Phi) is 5.27. The number of rotatable bonds is 5. The molecule has 0 radical (unpaired) electrons. The van der Waals surface area contributed by atoms with Crippen molar-refractivity contribution in [2.45, 2.75) is 6.61 Å². The quantitative estimate of drug-likeness (QED) is 0.664. The van der Waals surface area contributed by atoms with Gasteiger partial charge in [0.15, 0.2) is 0 Å². The first-order valence-electron chi connectivity index (χ1n) is 7.57. The summed E-state index contributed by atoms with van der Waals surface area (Å²) in [5, 5.41) is 0. The monoisotopic (exact) mass is 418 g/mol. The van der Waals surface area contributed by atoms with E-state index >= 15 is 0 Å². The topological polar surface area (TPSA) is 65.2 Å². The number of carbonyl (C=O) groups is 1. The molecule has 0 aliphatic heterocycles. The molecule has 26 heavy (non-hydrogen) atoms. The second kappa shape index (κ2) is 7.61. The van der Waals surface area contributed by atoms with E-state index in [1.807, 2.05) is 0 Å². The lowest BCUT2D eigenvalue weighted by molar-refractivity contribution is 0.0995. The van der Waals surface area contributed by atoms with Crippen molar-refractivity contribution in [1.82, 2.24) is 4.98 Å². The summed E-state index contributed by atoms with van der Waals surface area (Å²) in [6.07, 6.45) is 1.34. The van der Waals surface area contributed by atoms with Crippen LogP contribution in [0, 0.1) is 11.6 Å². The minimum Gasteiger partial charge on any atom is -0.487 e. The van der Waals surface area contributed by atoms with E-state index in [0.717, 1.165) is 0 Å². The van der Waals surface area contributed by atoms with Crippen LogP contribution in [0.3, 0.4) is 0 Å². The lowest BCUT2D eigenvalue weighted by atomic mass is 10.0. The Morgan fingerprint density at radius 2 is 1.88 bits per heavy atom. The predicted molar refractivity (Wildman–Crippen MR) is 96.6 cm³/mol. The minimum atomic E-state index is -0.696. The molecule has 0 saturated heterocycles. The molecular formula is C19H13BrF2N2O2. The second-order valence-corrected chi connectivity index (χ2v) is 6.29. The van der Waals surface area contributed by atoms with Gasteiger partial charge in [-0.1, -0.05) is 24.3 Å². The van der Waals surface area contributed by atoms with Crippen LogP contribution in [0.25, 0.3) is 11.1 Å². The number of ether oxygens (including phenoxy) is 1. The van der Waals surface area contributed by atoms with Gasteiger partial charge in [0.25, 0.3) is 5.91 Å². The van der Waals surface area contributed by atoms with Gasteiger partial charge in [-0.2, -0.15) is 0 Å². The van der Waals surface area contributed by atoms with E-state index < -0.39 is 17.5 Å². The van der Waals surface area contributed by atoms with E-state index in [9.17, 15) is 13.6 Å².